The molecule has 2 heterocycles. The zero-order valence-corrected chi connectivity index (χ0v) is 9.26. The Bertz CT molecular complexity index is 423. The summed E-state index contributed by atoms with van der Waals surface area (Å²) in [5, 5.41) is 8.63. The van der Waals surface area contributed by atoms with E-state index >= 15 is 0 Å². The Balaban J connectivity index is 1.97. The Kier molecular flexibility index (Phi) is 3.05. The molecule has 1 N–H and O–H groups in total. The maximum Gasteiger partial charge on any atom is 0.328 e. The standard InChI is InChI=1S/C11H15N3O2/c1-9(6-11(15)16)7-13-4-5-14-3-2-12-10(14)8-13/h2-3,6H,4-5,7-8H2,1H3,(H,15,16). The minimum absolute atomic E-state index is 0.694. The number of imidazole rings is 1. The molecule has 0 radical (unpaired) electrons. The predicted octanol–water partition coefficient (Wildman–Crippen LogP) is 0.730. The monoisotopic (exact) mass is 221 g/mol. The lowest BCUT2D eigenvalue weighted by Gasteiger charge is -2.27. The van der Waals surface area contributed by atoms with Crippen LogP contribution in [0.3, 0.4) is 0 Å². The summed E-state index contributed by atoms with van der Waals surface area (Å²) in [5.41, 5.74) is 0.868. The van der Waals surface area contributed by atoms with E-state index in [1.807, 2.05) is 13.1 Å². The van der Waals surface area contributed by atoms with Crippen molar-refractivity contribution < 1.29 is 9.90 Å². The number of carbonyl (C=O) groups is 1. The number of hydrogen-bond acceptors (Lipinski definition) is 3. The fourth-order valence-corrected chi connectivity index (χ4v) is 1.97. The summed E-state index contributed by atoms with van der Waals surface area (Å²) in [4.78, 5) is 17.0. The van der Waals surface area contributed by atoms with Gasteiger partial charge >= 0.3 is 5.97 Å². The highest BCUT2D eigenvalue weighted by Crippen LogP contribution is 2.11. The molecule has 0 spiro atoms. The summed E-state index contributed by atoms with van der Waals surface area (Å²) >= 11 is 0. The van der Waals surface area contributed by atoms with Gasteiger partial charge in [0.15, 0.2) is 0 Å². The van der Waals surface area contributed by atoms with Crippen LogP contribution >= 0.6 is 0 Å². The van der Waals surface area contributed by atoms with Gasteiger partial charge in [0.2, 0.25) is 0 Å². The predicted molar refractivity (Wildman–Crippen MR) is 58.9 cm³/mol. The largest absolute Gasteiger partial charge is 0.478 e. The van der Waals surface area contributed by atoms with E-state index in [0.29, 0.717) is 6.54 Å². The minimum Gasteiger partial charge on any atom is -0.478 e. The molecule has 2 rings (SSSR count). The fraction of sp³-hybridized carbons (Fsp3) is 0.455. The maximum atomic E-state index is 10.5. The topological polar surface area (TPSA) is 58.4 Å². The third-order valence-electron chi connectivity index (χ3n) is 2.67. The van der Waals surface area contributed by atoms with E-state index in [2.05, 4.69) is 14.5 Å². The quantitative estimate of drug-likeness (QED) is 0.764. The molecule has 0 saturated carbocycles. The molecule has 0 unspecified atom stereocenters. The lowest BCUT2D eigenvalue weighted by molar-refractivity contribution is -0.131. The van der Waals surface area contributed by atoms with E-state index < -0.39 is 5.97 Å². The van der Waals surface area contributed by atoms with Crippen LogP contribution in [-0.4, -0.2) is 38.6 Å². The summed E-state index contributed by atoms with van der Waals surface area (Å²) in [6.07, 6.45) is 5.05. The van der Waals surface area contributed by atoms with Crippen LogP contribution < -0.4 is 0 Å². The van der Waals surface area contributed by atoms with Gasteiger partial charge in [-0.3, -0.25) is 4.90 Å². The number of nitrogens with zero attached hydrogens (tertiary/aromatic N) is 3. The molecular weight excluding hydrogens is 206 g/mol. The third kappa shape index (κ3) is 2.49. The van der Waals surface area contributed by atoms with Crippen molar-refractivity contribution in [3.8, 4) is 0 Å². The van der Waals surface area contributed by atoms with Crippen LogP contribution in [0.2, 0.25) is 0 Å². The van der Waals surface area contributed by atoms with Crippen molar-refractivity contribution in [3.05, 3.63) is 29.9 Å². The number of fused-ring (bicyclic) bond motifs is 1. The Hall–Kier alpha value is -1.62. The van der Waals surface area contributed by atoms with Gasteiger partial charge in [-0.15, -0.1) is 0 Å². The minimum atomic E-state index is -0.879. The molecule has 0 saturated heterocycles. The third-order valence-corrected chi connectivity index (χ3v) is 2.67. The zero-order valence-electron chi connectivity index (χ0n) is 9.26. The van der Waals surface area contributed by atoms with Crippen molar-refractivity contribution in [1.29, 1.82) is 0 Å². The van der Waals surface area contributed by atoms with E-state index in [1.165, 1.54) is 6.08 Å². The van der Waals surface area contributed by atoms with Crippen molar-refractivity contribution in [2.45, 2.75) is 20.0 Å². The average molecular weight is 221 g/mol. The van der Waals surface area contributed by atoms with Crippen molar-refractivity contribution in [3.63, 3.8) is 0 Å². The molecule has 1 aromatic heterocycles. The van der Waals surface area contributed by atoms with Gasteiger partial charge in [0.25, 0.3) is 0 Å². The first kappa shape index (κ1) is 10.9. The van der Waals surface area contributed by atoms with Gasteiger partial charge in [0.1, 0.15) is 5.82 Å². The zero-order chi connectivity index (χ0) is 11.5. The van der Waals surface area contributed by atoms with E-state index in [1.54, 1.807) is 6.20 Å². The first-order valence-corrected chi connectivity index (χ1v) is 5.27. The van der Waals surface area contributed by atoms with Crippen molar-refractivity contribution in [1.82, 2.24) is 14.5 Å². The van der Waals surface area contributed by atoms with Gasteiger partial charge in [-0.25, -0.2) is 9.78 Å². The van der Waals surface area contributed by atoms with Crippen LogP contribution in [-0.2, 0) is 17.9 Å². The van der Waals surface area contributed by atoms with E-state index in [0.717, 1.165) is 31.0 Å². The van der Waals surface area contributed by atoms with Gasteiger partial charge in [-0.1, -0.05) is 5.57 Å². The molecule has 0 bridgehead atoms. The summed E-state index contributed by atoms with van der Waals surface area (Å²) in [5.74, 6) is 0.172. The smallest absolute Gasteiger partial charge is 0.328 e. The molecule has 5 heteroatoms. The van der Waals surface area contributed by atoms with Gasteiger partial charge in [0.05, 0.1) is 6.54 Å². The summed E-state index contributed by atoms with van der Waals surface area (Å²) < 4.78 is 2.13. The maximum absolute atomic E-state index is 10.5. The molecule has 5 nitrogen and oxygen atoms in total. The van der Waals surface area contributed by atoms with Gasteiger partial charge in [-0.2, -0.15) is 0 Å². The highest BCUT2D eigenvalue weighted by Gasteiger charge is 2.16. The molecule has 86 valence electrons. The highest BCUT2D eigenvalue weighted by molar-refractivity contribution is 5.80. The molecule has 0 fully saturated rings. The number of carboxylic acids is 1. The highest BCUT2D eigenvalue weighted by atomic mass is 16.4. The van der Waals surface area contributed by atoms with Crippen LogP contribution in [0.4, 0.5) is 0 Å². The van der Waals surface area contributed by atoms with Gasteiger partial charge in [-0.05, 0) is 6.92 Å². The lowest BCUT2D eigenvalue weighted by atomic mass is 10.2. The molecule has 0 atom stereocenters. The molecule has 0 aromatic carbocycles. The van der Waals surface area contributed by atoms with E-state index in [-0.39, 0.29) is 0 Å². The van der Waals surface area contributed by atoms with E-state index in [4.69, 9.17) is 5.11 Å². The van der Waals surface area contributed by atoms with Crippen LogP contribution in [0.25, 0.3) is 0 Å². The summed E-state index contributed by atoms with van der Waals surface area (Å²) in [7, 11) is 0. The SMILES string of the molecule is CC(=CC(=O)O)CN1CCn2ccnc2C1. The van der Waals surface area contributed by atoms with Crippen LogP contribution in [0.1, 0.15) is 12.7 Å². The summed E-state index contributed by atoms with van der Waals surface area (Å²) in [6.45, 7) is 5.19. The number of hydrogen-bond donors (Lipinski definition) is 1. The van der Waals surface area contributed by atoms with Gasteiger partial charge < -0.3 is 9.67 Å². The Labute approximate surface area is 94.0 Å². The average Bonchev–Trinajstić information content (AvgIpc) is 2.63. The molecule has 0 aliphatic carbocycles. The number of aliphatic carboxylic acids is 1. The lowest BCUT2D eigenvalue weighted by Crippen LogP contribution is -2.34. The molecule has 0 amide bonds. The second kappa shape index (κ2) is 4.49. The molecular formula is C11H15N3O2. The molecule has 16 heavy (non-hydrogen) atoms. The van der Waals surface area contributed by atoms with Crippen LogP contribution in [0, 0.1) is 0 Å². The molecule has 1 aliphatic heterocycles. The van der Waals surface area contributed by atoms with Crippen molar-refractivity contribution >= 4 is 5.97 Å². The Morgan fingerprint density at radius 2 is 2.44 bits per heavy atom. The second-order valence-corrected chi connectivity index (χ2v) is 4.08. The first-order valence-electron chi connectivity index (χ1n) is 5.27. The fourth-order valence-electron chi connectivity index (χ4n) is 1.97. The normalized spacial score (nSPS) is 17.2. The van der Waals surface area contributed by atoms with E-state index in [9.17, 15) is 4.79 Å². The van der Waals surface area contributed by atoms with Crippen molar-refractivity contribution in [2.75, 3.05) is 13.1 Å². The van der Waals surface area contributed by atoms with Crippen LogP contribution in [0.15, 0.2) is 24.0 Å². The number of aromatic nitrogens is 2. The molecule has 1 aromatic rings. The van der Waals surface area contributed by atoms with Crippen LogP contribution in [0.5, 0.6) is 0 Å². The number of rotatable bonds is 3. The van der Waals surface area contributed by atoms with Crippen molar-refractivity contribution in [2.24, 2.45) is 0 Å². The molecule has 1 aliphatic rings. The number of carboxylic acid groups (broad SMARTS) is 1. The van der Waals surface area contributed by atoms with Gasteiger partial charge in [0, 0.05) is 38.1 Å². The summed E-state index contributed by atoms with van der Waals surface area (Å²) in [6, 6.07) is 0. The first-order chi connectivity index (χ1) is 7.65. The Morgan fingerprint density at radius 3 is 3.19 bits per heavy atom. The Morgan fingerprint density at radius 1 is 1.62 bits per heavy atom. The second-order valence-electron chi connectivity index (χ2n) is 4.08.